The zero-order chi connectivity index (χ0) is 24.1. The third-order valence-electron chi connectivity index (χ3n) is 7.18. The lowest BCUT2D eigenvalue weighted by atomic mass is 9.71. The molecule has 1 aliphatic carbocycles. The normalized spacial score (nSPS) is 26.9. The number of hydrogen-bond donors (Lipinski definition) is 2. The fourth-order valence-electron chi connectivity index (χ4n) is 5.67. The van der Waals surface area contributed by atoms with Crippen LogP contribution in [0.15, 0.2) is 60.7 Å². The zero-order valence-electron chi connectivity index (χ0n) is 19.6. The highest BCUT2D eigenvalue weighted by atomic mass is 16.5. The Hall–Kier alpha value is -3.42. The Morgan fingerprint density at radius 1 is 0.824 bits per heavy atom. The quantitative estimate of drug-likeness (QED) is 0.575. The Balaban J connectivity index is 1.82. The molecule has 178 valence electrons. The van der Waals surface area contributed by atoms with Crippen LogP contribution in [-0.2, 0) is 11.2 Å². The van der Waals surface area contributed by atoms with Crippen molar-refractivity contribution >= 4 is 0 Å². The maximum Gasteiger partial charge on any atom is 0.176 e. The van der Waals surface area contributed by atoms with E-state index in [4.69, 9.17) is 23.7 Å². The standard InChI is InChI=1S/C27H28O7/c1-30-17-11-9-16(10-12-17)27-20(19-7-5-6-8-21(19)32-3)15-24(28)26(27,29)25-22(33-4)13-18(31-2)14-23(25)34-27/h5-14,20,24,28-29H,15H2,1-4H3. The topological polar surface area (TPSA) is 86.6 Å². The van der Waals surface area contributed by atoms with Gasteiger partial charge in [-0.1, -0.05) is 30.3 Å². The van der Waals surface area contributed by atoms with Crippen LogP contribution in [0, 0.1) is 0 Å². The van der Waals surface area contributed by atoms with E-state index in [1.807, 2.05) is 48.5 Å². The first-order chi connectivity index (χ1) is 16.4. The Morgan fingerprint density at radius 2 is 1.50 bits per heavy atom. The average molecular weight is 465 g/mol. The number of aliphatic hydroxyl groups excluding tert-OH is 1. The van der Waals surface area contributed by atoms with Crippen molar-refractivity contribution in [3.05, 3.63) is 77.4 Å². The molecule has 3 aromatic carbocycles. The van der Waals surface area contributed by atoms with Gasteiger partial charge in [-0.3, -0.25) is 0 Å². The second kappa shape index (κ2) is 8.11. The van der Waals surface area contributed by atoms with Gasteiger partial charge in [0.25, 0.3) is 0 Å². The van der Waals surface area contributed by atoms with Crippen molar-refractivity contribution in [1.29, 1.82) is 0 Å². The Bertz CT molecular complexity index is 1210. The van der Waals surface area contributed by atoms with Gasteiger partial charge in [0, 0.05) is 23.6 Å². The highest BCUT2D eigenvalue weighted by molar-refractivity contribution is 5.63. The summed E-state index contributed by atoms with van der Waals surface area (Å²) in [6.07, 6.45) is -0.898. The SMILES string of the molecule is COc1ccc(C23Oc4cc(OC)cc(OC)c4C2(O)C(O)CC3c2ccccc2OC)cc1. The van der Waals surface area contributed by atoms with E-state index in [2.05, 4.69) is 0 Å². The van der Waals surface area contributed by atoms with Crippen LogP contribution < -0.4 is 23.7 Å². The largest absolute Gasteiger partial charge is 0.497 e. The van der Waals surface area contributed by atoms with E-state index in [1.165, 1.54) is 7.11 Å². The summed E-state index contributed by atoms with van der Waals surface area (Å²) in [5.74, 6) is 2.18. The van der Waals surface area contributed by atoms with E-state index in [0.717, 1.165) is 5.56 Å². The van der Waals surface area contributed by atoms with E-state index in [-0.39, 0.29) is 6.42 Å². The summed E-state index contributed by atoms with van der Waals surface area (Å²) in [6.45, 7) is 0. The van der Waals surface area contributed by atoms with Crippen LogP contribution in [0.25, 0.3) is 0 Å². The predicted octanol–water partition coefficient (Wildman–Crippen LogP) is 3.74. The smallest absolute Gasteiger partial charge is 0.176 e. The van der Waals surface area contributed by atoms with Crippen molar-refractivity contribution < 1.29 is 33.9 Å². The summed E-state index contributed by atoms with van der Waals surface area (Å²) in [5.41, 5.74) is -1.25. The Morgan fingerprint density at radius 3 is 2.15 bits per heavy atom. The van der Waals surface area contributed by atoms with Gasteiger partial charge in [0.1, 0.15) is 28.7 Å². The monoisotopic (exact) mass is 464 g/mol. The third kappa shape index (κ3) is 2.83. The molecule has 4 atom stereocenters. The van der Waals surface area contributed by atoms with Crippen molar-refractivity contribution in [3.8, 4) is 28.7 Å². The average Bonchev–Trinajstić information content (AvgIpc) is 3.28. The number of hydrogen-bond acceptors (Lipinski definition) is 7. The number of rotatable bonds is 6. The maximum atomic E-state index is 12.5. The van der Waals surface area contributed by atoms with Gasteiger partial charge in [-0.2, -0.15) is 0 Å². The van der Waals surface area contributed by atoms with Gasteiger partial charge in [0.05, 0.1) is 40.1 Å². The summed E-state index contributed by atoms with van der Waals surface area (Å²) in [6, 6.07) is 18.4. The molecule has 0 aromatic heterocycles. The first-order valence-corrected chi connectivity index (χ1v) is 11.1. The van der Waals surface area contributed by atoms with Gasteiger partial charge in [-0.25, -0.2) is 0 Å². The minimum Gasteiger partial charge on any atom is -0.497 e. The molecule has 0 bridgehead atoms. The van der Waals surface area contributed by atoms with Crippen molar-refractivity contribution in [3.63, 3.8) is 0 Å². The van der Waals surface area contributed by atoms with Crippen LogP contribution in [0.5, 0.6) is 28.7 Å². The van der Waals surface area contributed by atoms with Crippen molar-refractivity contribution in [1.82, 2.24) is 0 Å². The molecular formula is C27H28O7. The number of aliphatic hydroxyl groups is 2. The Kier molecular flexibility index (Phi) is 5.34. The summed E-state index contributed by atoms with van der Waals surface area (Å²) >= 11 is 0. The molecule has 7 heteroatoms. The molecule has 34 heavy (non-hydrogen) atoms. The van der Waals surface area contributed by atoms with Gasteiger partial charge >= 0.3 is 0 Å². The lowest BCUT2D eigenvalue weighted by molar-refractivity contribution is -0.150. The summed E-state index contributed by atoms with van der Waals surface area (Å²) in [7, 11) is 6.27. The van der Waals surface area contributed by atoms with E-state index in [0.29, 0.717) is 39.9 Å². The molecule has 0 saturated heterocycles. The molecule has 0 radical (unpaired) electrons. The van der Waals surface area contributed by atoms with Gasteiger partial charge in [0.2, 0.25) is 0 Å². The molecule has 7 nitrogen and oxygen atoms in total. The molecule has 1 fully saturated rings. The number of para-hydroxylation sites is 1. The van der Waals surface area contributed by atoms with Crippen molar-refractivity contribution in [2.45, 2.75) is 29.6 Å². The third-order valence-corrected chi connectivity index (χ3v) is 7.18. The van der Waals surface area contributed by atoms with Gasteiger partial charge in [0.15, 0.2) is 11.2 Å². The molecule has 0 amide bonds. The first kappa shape index (κ1) is 22.4. The fourth-order valence-corrected chi connectivity index (χ4v) is 5.67. The van der Waals surface area contributed by atoms with Crippen LogP contribution in [0.4, 0.5) is 0 Å². The number of ether oxygens (including phenoxy) is 5. The van der Waals surface area contributed by atoms with E-state index in [1.54, 1.807) is 33.5 Å². The van der Waals surface area contributed by atoms with E-state index < -0.39 is 23.2 Å². The lowest BCUT2D eigenvalue weighted by Gasteiger charge is -2.41. The number of benzene rings is 3. The molecule has 0 spiro atoms. The summed E-state index contributed by atoms with van der Waals surface area (Å²) in [4.78, 5) is 0. The lowest BCUT2D eigenvalue weighted by Crippen LogP contribution is -2.52. The molecular weight excluding hydrogens is 436 g/mol. The van der Waals surface area contributed by atoms with Crippen LogP contribution in [0.1, 0.15) is 29.0 Å². The summed E-state index contributed by atoms with van der Waals surface area (Å²) < 4.78 is 28.8. The highest BCUT2D eigenvalue weighted by Crippen LogP contribution is 2.69. The molecule has 5 rings (SSSR count). The van der Waals surface area contributed by atoms with Crippen LogP contribution in [0.2, 0.25) is 0 Å². The molecule has 2 N–H and O–H groups in total. The minimum absolute atomic E-state index is 0.248. The molecule has 1 heterocycles. The predicted molar refractivity (Wildman–Crippen MR) is 125 cm³/mol. The fraction of sp³-hybridized carbons (Fsp3) is 0.333. The van der Waals surface area contributed by atoms with E-state index >= 15 is 0 Å². The Labute approximate surface area is 198 Å². The second-order valence-corrected chi connectivity index (χ2v) is 8.58. The zero-order valence-corrected chi connectivity index (χ0v) is 19.6. The van der Waals surface area contributed by atoms with Crippen LogP contribution in [-0.4, -0.2) is 44.8 Å². The number of fused-ring (bicyclic) bond motifs is 3. The van der Waals surface area contributed by atoms with E-state index in [9.17, 15) is 10.2 Å². The molecule has 1 aliphatic heterocycles. The molecule has 3 aromatic rings. The first-order valence-electron chi connectivity index (χ1n) is 11.1. The molecule has 1 saturated carbocycles. The van der Waals surface area contributed by atoms with Crippen molar-refractivity contribution in [2.75, 3.05) is 28.4 Å². The van der Waals surface area contributed by atoms with Crippen LogP contribution >= 0.6 is 0 Å². The number of methoxy groups -OCH3 is 4. The second-order valence-electron chi connectivity index (χ2n) is 8.58. The van der Waals surface area contributed by atoms with Gasteiger partial charge < -0.3 is 33.9 Å². The summed E-state index contributed by atoms with van der Waals surface area (Å²) in [5, 5.41) is 24.0. The van der Waals surface area contributed by atoms with Crippen LogP contribution in [0.3, 0.4) is 0 Å². The minimum atomic E-state index is -1.81. The van der Waals surface area contributed by atoms with Gasteiger partial charge in [-0.15, -0.1) is 0 Å². The highest BCUT2D eigenvalue weighted by Gasteiger charge is 2.73. The van der Waals surface area contributed by atoms with Gasteiger partial charge in [-0.05, 0) is 30.2 Å². The maximum absolute atomic E-state index is 12.5. The molecule has 2 aliphatic rings. The molecule has 4 unspecified atom stereocenters. The van der Waals surface area contributed by atoms with Crippen molar-refractivity contribution in [2.24, 2.45) is 0 Å².